The lowest BCUT2D eigenvalue weighted by atomic mass is 10.0. The van der Waals surface area contributed by atoms with Crippen LogP contribution in [0.1, 0.15) is 16.7 Å². The molecule has 2 N–H and O–H groups in total. The zero-order valence-corrected chi connectivity index (χ0v) is 12.6. The van der Waals surface area contributed by atoms with Crippen molar-refractivity contribution in [3.63, 3.8) is 0 Å². The van der Waals surface area contributed by atoms with Gasteiger partial charge in [-0.1, -0.05) is 18.2 Å². The van der Waals surface area contributed by atoms with Gasteiger partial charge in [-0.3, -0.25) is 5.32 Å². The second-order valence-corrected chi connectivity index (χ2v) is 4.92. The van der Waals surface area contributed by atoms with E-state index in [9.17, 15) is 4.79 Å². The number of nitrogens with one attached hydrogen (secondary N) is 2. The molecule has 2 aromatic carbocycles. The minimum Gasteiger partial charge on any atom is -0.453 e. The number of rotatable bonds is 4. The van der Waals surface area contributed by atoms with Crippen LogP contribution in [-0.4, -0.2) is 13.2 Å². The number of hydrogen-bond acceptors (Lipinski definition) is 3. The summed E-state index contributed by atoms with van der Waals surface area (Å²) in [6.07, 6.45) is -0.466. The monoisotopic (exact) mass is 284 g/mol. The zero-order chi connectivity index (χ0) is 15.2. The molecule has 2 rings (SSSR count). The summed E-state index contributed by atoms with van der Waals surface area (Å²) >= 11 is 0. The summed E-state index contributed by atoms with van der Waals surface area (Å²) in [4.78, 5) is 11.1. The third-order valence-electron chi connectivity index (χ3n) is 3.43. The van der Waals surface area contributed by atoms with Gasteiger partial charge in [-0.25, -0.2) is 4.79 Å². The van der Waals surface area contributed by atoms with E-state index in [2.05, 4.69) is 47.4 Å². The maximum absolute atomic E-state index is 11.1. The van der Waals surface area contributed by atoms with E-state index in [1.54, 1.807) is 0 Å². The zero-order valence-electron chi connectivity index (χ0n) is 12.6. The van der Waals surface area contributed by atoms with Gasteiger partial charge in [0.1, 0.15) is 0 Å². The third-order valence-corrected chi connectivity index (χ3v) is 3.43. The van der Waals surface area contributed by atoms with E-state index in [0.717, 1.165) is 12.2 Å². The molecule has 0 aliphatic rings. The lowest BCUT2D eigenvalue weighted by Crippen LogP contribution is -2.10. The summed E-state index contributed by atoms with van der Waals surface area (Å²) in [5, 5.41) is 6.02. The molecular weight excluding hydrogens is 264 g/mol. The molecule has 0 radical (unpaired) electrons. The highest BCUT2D eigenvalue weighted by Crippen LogP contribution is 2.18. The quantitative estimate of drug-likeness (QED) is 0.889. The van der Waals surface area contributed by atoms with Crippen molar-refractivity contribution in [3.8, 4) is 0 Å². The fourth-order valence-corrected chi connectivity index (χ4v) is 2.16. The molecule has 0 aromatic heterocycles. The molecule has 0 aliphatic heterocycles. The van der Waals surface area contributed by atoms with Gasteiger partial charge in [0.05, 0.1) is 7.11 Å². The third kappa shape index (κ3) is 3.99. The first-order chi connectivity index (χ1) is 10.1. The van der Waals surface area contributed by atoms with Crippen molar-refractivity contribution in [2.45, 2.75) is 20.4 Å². The molecule has 0 aliphatic carbocycles. The molecule has 0 spiro atoms. The molecule has 110 valence electrons. The molecular formula is C17H20N2O2. The van der Waals surface area contributed by atoms with Crippen LogP contribution in [0.2, 0.25) is 0 Å². The minimum absolute atomic E-state index is 0.466. The molecule has 0 heterocycles. The van der Waals surface area contributed by atoms with Crippen molar-refractivity contribution in [2.75, 3.05) is 17.7 Å². The smallest absolute Gasteiger partial charge is 0.411 e. The number of amides is 1. The predicted molar refractivity (Wildman–Crippen MR) is 85.7 cm³/mol. The van der Waals surface area contributed by atoms with Crippen molar-refractivity contribution >= 4 is 17.5 Å². The lowest BCUT2D eigenvalue weighted by molar-refractivity contribution is 0.187. The first kappa shape index (κ1) is 14.9. The average Bonchev–Trinajstić information content (AvgIpc) is 2.48. The van der Waals surface area contributed by atoms with Gasteiger partial charge in [0.25, 0.3) is 0 Å². The van der Waals surface area contributed by atoms with E-state index in [-0.39, 0.29) is 0 Å². The molecule has 4 nitrogen and oxygen atoms in total. The molecule has 0 bridgehead atoms. The second kappa shape index (κ2) is 6.79. The maximum Gasteiger partial charge on any atom is 0.411 e. The number of methoxy groups -OCH3 is 1. The number of benzene rings is 2. The van der Waals surface area contributed by atoms with Crippen LogP contribution in [0.15, 0.2) is 42.5 Å². The van der Waals surface area contributed by atoms with Gasteiger partial charge in [0.15, 0.2) is 0 Å². The summed E-state index contributed by atoms with van der Waals surface area (Å²) < 4.78 is 4.55. The van der Waals surface area contributed by atoms with Crippen LogP contribution < -0.4 is 10.6 Å². The molecule has 0 saturated carbocycles. The van der Waals surface area contributed by atoms with Gasteiger partial charge in [0.2, 0.25) is 0 Å². The Labute approximate surface area is 125 Å². The van der Waals surface area contributed by atoms with E-state index in [1.165, 1.54) is 23.8 Å². The Kier molecular flexibility index (Phi) is 4.82. The van der Waals surface area contributed by atoms with Gasteiger partial charge >= 0.3 is 6.09 Å². The molecule has 0 fully saturated rings. The topological polar surface area (TPSA) is 50.4 Å². The Bertz CT molecular complexity index is 601. The van der Waals surface area contributed by atoms with Crippen molar-refractivity contribution in [2.24, 2.45) is 0 Å². The Hall–Kier alpha value is -2.49. The number of ether oxygens (including phenoxy) is 1. The largest absolute Gasteiger partial charge is 0.453 e. The first-order valence-electron chi connectivity index (χ1n) is 6.84. The van der Waals surface area contributed by atoms with Crippen LogP contribution >= 0.6 is 0 Å². The molecule has 0 atom stereocenters. The summed E-state index contributed by atoms with van der Waals surface area (Å²) in [5.41, 5.74) is 5.60. The van der Waals surface area contributed by atoms with Gasteiger partial charge in [-0.2, -0.15) is 0 Å². The Morgan fingerprint density at radius 2 is 1.57 bits per heavy atom. The first-order valence-corrected chi connectivity index (χ1v) is 6.84. The molecule has 4 heteroatoms. The van der Waals surface area contributed by atoms with Gasteiger partial charge in [-0.05, 0) is 54.8 Å². The maximum atomic E-state index is 11.1. The Morgan fingerprint density at radius 1 is 1.00 bits per heavy atom. The van der Waals surface area contributed by atoms with Crippen LogP contribution in [0, 0.1) is 13.8 Å². The molecule has 0 saturated heterocycles. The van der Waals surface area contributed by atoms with Gasteiger partial charge in [0, 0.05) is 17.9 Å². The van der Waals surface area contributed by atoms with Gasteiger partial charge in [-0.15, -0.1) is 0 Å². The summed E-state index contributed by atoms with van der Waals surface area (Å²) in [7, 11) is 1.34. The van der Waals surface area contributed by atoms with Crippen LogP contribution in [0.5, 0.6) is 0 Å². The second-order valence-electron chi connectivity index (χ2n) is 4.92. The van der Waals surface area contributed by atoms with Gasteiger partial charge < -0.3 is 10.1 Å². The predicted octanol–water partition coefficient (Wildman–Crippen LogP) is 4.09. The normalized spacial score (nSPS) is 10.0. The SMILES string of the molecule is COC(=O)Nc1ccc(NCc2c(C)cccc2C)cc1. The number of carbonyl (C=O) groups excluding carboxylic acids is 1. The van der Waals surface area contributed by atoms with Crippen LogP contribution in [-0.2, 0) is 11.3 Å². The number of carbonyl (C=O) groups is 1. The van der Waals surface area contributed by atoms with E-state index in [4.69, 9.17) is 0 Å². The summed E-state index contributed by atoms with van der Waals surface area (Å²) in [6, 6.07) is 13.8. The van der Waals surface area contributed by atoms with Crippen molar-refractivity contribution in [1.82, 2.24) is 0 Å². The van der Waals surface area contributed by atoms with Crippen LogP contribution in [0.3, 0.4) is 0 Å². The molecule has 1 amide bonds. The highest BCUT2D eigenvalue weighted by molar-refractivity contribution is 5.84. The highest BCUT2D eigenvalue weighted by Gasteiger charge is 2.03. The molecule has 2 aromatic rings. The summed E-state index contributed by atoms with van der Waals surface area (Å²) in [6.45, 7) is 5.02. The standard InChI is InChI=1S/C17H20N2O2/c1-12-5-4-6-13(2)16(12)11-18-14-7-9-15(10-8-14)19-17(20)21-3/h4-10,18H,11H2,1-3H3,(H,19,20). The molecule has 21 heavy (non-hydrogen) atoms. The van der Waals surface area contributed by atoms with E-state index >= 15 is 0 Å². The average molecular weight is 284 g/mol. The van der Waals surface area contributed by atoms with Crippen molar-refractivity contribution in [3.05, 3.63) is 59.2 Å². The van der Waals surface area contributed by atoms with Crippen LogP contribution in [0.4, 0.5) is 16.2 Å². The summed E-state index contributed by atoms with van der Waals surface area (Å²) in [5.74, 6) is 0. The number of hydrogen-bond donors (Lipinski definition) is 2. The van der Waals surface area contributed by atoms with Crippen molar-refractivity contribution < 1.29 is 9.53 Å². The number of anilines is 2. The molecule has 0 unspecified atom stereocenters. The van der Waals surface area contributed by atoms with E-state index in [0.29, 0.717) is 5.69 Å². The Balaban J connectivity index is 1.99. The van der Waals surface area contributed by atoms with Crippen molar-refractivity contribution in [1.29, 1.82) is 0 Å². The lowest BCUT2D eigenvalue weighted by Gasteiger charge is -2.12. The Morgan fingerprint density at radius 3 is 2.14 bits per heavy atom. The van der Waals surface area contributed by atoms with Crippen LogP contribution in [0.25, 0.3) is 0 Å². The number of aryl methyl sites for hydroxylation is 2. The fraction of sp³-hybridized carbons (Fsp3) is 0.235. The van der Waals surface area contributed by atoms with E-state index in [1.807, 2.05) is 24.3 Å². The van der Waals surface area contributed by atoms with E-state index < -0.39 is 6.09 Å². The highest BCUT2D eigenvalue weighted by atomic mass is 16.5. The minimum atomic E-state index is -0.466. The fourth-order valence-electron chi connectivity index (χ4n) is 2.16.